The second kappa shape index (κ2) is 4.86. The minimum atomic E-state index is -2.20. The molecule has 1 rings (SSSR count). The summed E-state index contributed by atoms with van der Waals surface area (Å²) in [5.41, 5.74) is 0. The van der Waals surface area contributed by atoms with Crippen LogP contribution in [0.5, 0.6) is 0 Å². The van der Waals surface area contributed by atoms with Crippen LogP contribution in [0.4, 0.5) is 8.78 Å². The Hall–Kier alpha value is -0.220. The molecule has 78 valence electrons. The van der Waals surface area contributed by atoms with Gasteiger partial charge in [-0.15, -0.1) is 0 Å². The van der Waals surface area contributed by atoms with Crippen LogP contribution in [0, 0.1) is 5.92 Å². The van der Waals surface area contributed by atoms with E-state index in [9.17, 15) is 8.78 Å². The molecule has 0 bridgehead atoms. The highest BCUT2D eigenvalue weighted by Gasteiger charge is 2.25. The lowest BCUT2D eigenvalue weighted by molar-refractivity contribution is 0.0588. The zero-order chi connectivity index (χ0) is 9.84. The van der Waals surface area contributed by atoms with Crippen molar-refractivity contribution in [3.05, 3.63) is 0 Å². The van der Waals surface area contributed by atoms with Crippen LogP contribution in [-0.4, -0.2) is 44.0 Å². The van der Waals surface area contributed by atoms with Gasteiger partial charge < -0.3 is 5.32 Å². The van der Waals surface area contributed by atoms with Crippen LogP contribution in [-0.2, 0) is 0 Å². The molecule has 1 fully saturated rings. The summed E-state index contributed by atoms with van der Waals surface area (Å²) >= 11 is 0. The van der Waals surface area contributed by atoms with E-state index in [-0.39, 0.29) is 6.54 Å². The number of hydrogen-bond donors (Lipinski definition) is 1. The number of nitrogens with one attached hydrogen (secondary N) is 1. The number of piperidine rings is 1. The van der Waals surface area contributed by atoms with Crippen LogP contribution in [0.15, 0.2) is 0 Å². The first-order valence-corrected chi connectivity index (χ1v) is 4.81. The van der Waals surface area contributed by atoms with Crippen molar-refractivity contribution < 1.29 is 8.78 Å². The normalized spacial score (nSPS) is 31.2. The van der Waals surface area contributed by atoms with Crippen molar-refractivity contribution in [1.29, 1.82) is 0 Å². The predicted octanol–water partition coefficient (Wildman–Crippen LogP) is 1.18. The second-order valence-electron chi connectivity index (χ2n) is 3.81. The van der Waals surface area contributed by atoms with Gasteiger partial charge in [-0.2, -0.15) is 0 Å². The third-order valence-electron chi connectivity index (χ3n) is 2.76. The van der Waals surface area contributed by atoms with Gasteiger partial charge in [0.2, 0.25) is 0 Å². The van der Waals surface area contributed by atoms with Gasteiger partial charge in [0.05, 0.1) is 6.54 Å². The van der Waals surface area contributed by atoms with Crippen molar-refractivity contribution in [2.24, 2.45) is 5.92 Å². The quantitative estimate of drug-likeness (QED) is 0.722. The fraction of sp³-hybridized carbons (Fsp3) is 1.00. The first-order chi connectivity index (χ1) is 6.13. The number of alkyl halides is 2. The van der Waals surface area contributed by atoms with Gasteiger partial charge in [-0.05, 0) is 25.9 Å². The van der Waals surface area contributed by atoms with Gasteiger partial charge >= 0.3 is 0 Å². The Kier molecular flexibility index (Phi) is 4.06. The molecule has 1 heterocycles. The van der Waals surface area contributed by atoms with E-state index in [2.05, 4.69) is 12.2 Å². The fourth-order valence-electron chi connectivity index (χ4n) is 2.02. The smallest absolute Gasteiger partial charge is 0.251 e. The Morgan fingerprint density at radius 1 is 1.54 bits per heavy atom. The van der Waals surface area contributed by atoms with Crippen molar-refractivity contribution in [3.63, 3.8) is 0 Å². The molecule has 13 heavy (non-hydrogen) atoms. The monoisotopic (exact) mass is 192 g/mol. The average Bonchev–Trinajstić information content (AvgIpc) is 2.03. The summed E-state index contributed by atoms with van der Waals surface area (Å²) in [6, 6.07) is 0.494. The lowest BCUT2D eigenvalue weighted by Gasteiger charge is -2.36. The number of nitrogens with zero attached hydrogens (tertiary/aromatic N) is 1. The Balaban J connectivity index is 2.32. The molecule has 0 spiro atoms. The minimum absolute atomic E-state index is 0.0687. The zero-order valence-electron chi connectivity index (χ0n) is 8.26. The molecule has 0 aromatic rings. The molecule has 0 saturated carbocycles. The first kappa shape index (κ1) is 10.9. The highest BCUT2D eigenvalue weighted by atomic mass is 19.3. The molecule has 4 heteroatoms. The van der Waals surface area contributed by atoms with E-state index in [1.807, 2.05) is 11.9 Å². The van der Waals surface area contributed by atoms with Gasteiger partial charge in [-0.25, -0.2) is 8.78 Å². The van der Waals surface area contributed by atoms with Gasteiger partial charge in [0.15, 0.2) is 0 Å². The fourth-order valence-corrected chi connectivity index (χ4v) is 2.02. The van der Waals surface area contributed by atoms with Crippen LogP contribution < -0.4 is 5.32 Å². The van der Waals surface area contributed by atoms with E-state index in [0.717, 1.165) is 19.5 Å². The lowest BCUT2D eigenvalue weighted by Crippen LogP contribution is -2.48. The number of hydrogen-bond acceptors (Lipinski definition) is 2. The number of likely N-dealkylation sites (tertiary alicyclic amines) is 1. The summed E-state index contributed by atoms with van der Waals surface area (Å²) in [6.07, 6.45) is -1.22. The summed E-state index contributed by atoms with van der Waals surface area (Å²) in [5, 5.41) is 3.21. The largest absolute Gasteiger partial charge is 0.317 e. The lowest BCUT2D eigenvalue weighted by atomic mass is 9.94. The predicted molar refractivity (Wildman–Crippen MR) is 49.1 cm³/mol. The standard InChI is InChI=1S/C9H18F2N2/c1-7-5-13(6-9(10)11)4-3-8(7)12-2/h7-9,12H,3-6H2,1-2H3. The average molecular weight is 192 g/mol. The van der Waals surface area contributed by atoms with Crippen molar-refractivity contribution in [3.8, 4) is 0 Å². The van der Waals surface area contributed by atoms with Gasteiger partial charge in [0.1, 0.15) is 0 Å². The Bertz CT molecular complexity index is 153. The molecule has 0 aliphatic carbocycles. The molecule has 0 aromatic heterocycles. The van der Waals surface area contributed by atoms with Crippen LogP contribution in [0.3, 0.4) is 0 Å². The molecule has 1 aliphatic rings. The summed E-state index contributed by atoms with van der Waals surface area (Å²) in [6.45, 7) is 3.62. The Morgan fingerprint density at radius 2 is 2.23 bits per heavy atom. The van der Waals surface area contributed by atoms with Crippen LogP contribution in [0.2, 0.25) is 0 Å². The van der Waals surface area contributed by atoms with Crippen molar-refractivity contribution >= 4 is 0 Å². The Morgan fingerprint density at radius 3 is 2.69 bits per heavy atom. The highest BCUT2D eigenvalue weighted by Crippen LogP contribution is 2.16. The van der Waals surface area contributed by atoms with Crippen LogP contribution in [0.1, 0.15) is 13.3 Å². The number of halogens is 2. The van der Waals surface area contributed by atoms with E-state index < -0.39 is 6.43 Å². The maximum absolute atomic E-state index is 12.1. The molecule has 2 nitrogen and oxygen atoms in total. The van der Waals surface area contributed by atoms with Crippen molar-refractivity contribution in [2.45, 2.75) is 25.8 Å². The molecule has 1 N–H and O–H groups in total. The summed E-state index contributed by atoms with van der Waals surface area (Å²) < 4.78 is 24.1. The van der Waals surface area contributed by atoms with E-state index in [0.29, 0.717) is 12.0 Å². The van der Waals surface area contributed by atoms with Gasteiger partial charge in [-0.3, -0.25) is 4.90 Å². The van der Waals surface area contributed by atoms with Gasteiger partial charge in [0.25, 0.3) is 6.43 Å². The molecule has 1 saturated heterocycles. The Labute approximate surface area is 78.3 Å². The molecular weight excluding hydrogens is 174 g/mol. The third kappa shape index (κ3) is 3.19. The molecule has 2 atom stereocenters. The molecule has 0 radical (unpaired) electrons. The first-order valence-electron chi connectivity index (χ1n) is 4.81. The van der Waals surface area contributed by atoms with Crippen molar-refractivity contribution in [2.75, 3.05) is 26.7 Å². The molecule has 2 unspecified atom stereocenters. The zero-order valence-corrected chi connectivity index (χ0v) is 8.26. The maximum atomic E-state index is 12.1. The highest BCUT2D eigenvalue weighted by molar-refractivity contribution is 4.81. The third-order valence-corrected chi connectivity index (χ3v) is 2.76. The van der Waals surface area contributed by atoms with Crippen LogP contribution in [0.25, 0.3) is 0 Å². The summed E-state index contributed by atoms with van der Waals surface area (Å²) in [5.74, 6) is 0.470. The molecule has 1 aliphatic heterocycles. The number of rotatable bonds is 3. The van der Waals surface area contributed by atoms with E-state index in [1.54, 1.807) is 0 Å². The van der Waals surface area contributed by atoms with E-state index >= 15 is 0 Å². The molecule has 0 amide bonds. The maximum Gasteiger partial charge on any atom is 0.251 e. The minimum Gasteiger partial charge on any atom is -0.317 e. The van der Waals surface area contributed by atoms with E-state index in [4.69, 9.17) is 0 Å². The second-order valence-corrected chi connectivity index (χ2v) is 3.81. The topological polar surface area (TPSA) is 15.3 Å². The molecule has 0 aromatic carbocycles. The SMILES string of the molecule is CNC1CCN(CC(F)F)CC1C. The van der Waals surface area contributed by atoms with Gasteiger partial charge in [-0.1, -0.05) is 6.92 Å². The van der Waals surface area contributed by atoms with E-state index in [1.165, 1.54) is 0 Å². The van der Waals surface area contributed by atoms with Crippen molar-refractivity contribution in [1.82, 2.24) is 10.2 Å². The summed E-state index contributed by atoms with van der Waals surface area (Å²) in [7, 11) is 1.93. The van der Waals surface area contributed by atoms with Crippen LogP contribution >= 0.6 is 0 Å². The molecular formula is C9H18F2N2. The summed E-state index contributed by atoms with van der Waals surface area (Å²) in [4.78, 5) is 1.85. The van der Waals surface area contributed by atoms with Gasteiger partial charge in [0, 0.05) is 12.6 Å².